The first-order chi connectivity index (χ1) is 12.0. The molecule has 0 fully saturated rings. The Bertz CT molecular complexity index is 677. The molecule has 0 aliphatic heterocycles. The van der Waals surface area contributed by atoms with Gasteiger partial charge in [-0.05, 0) is 47.7 Å². The van der Waals surface area contributed by atoms with Crippen LogP contribution in [0.3, 0.4) is 0 Å². The van der Waals surface area contributed by atoms with Gasteiger partial charge in [0.15, 0.2) is 0 Å². The van der Waals surface area contributed by atoms with Crippen LogP contribution in [-0.4, -0.2) is 24.3 Å². The fourth-order valence-electron chi connectivity index (χ4n) is 2.47. The number of carboxylic acid groups (broad SMARTS) is 1. The van der Waals surface area contributed by atoms with Gasteiger partial charge >= 0.3 is 5.97 Å². The van der Waals surface area contributed by atoms with Crippen LogP contribution in [0.25, 0.3) is 0 Å². The van der Waals surface area contributed by atoms with Crippen LogP contribution in [0.2, 0.25) is 0 Å². The molecule has 0 aromatic heterocycles. The third-order valence-corrected chi connectivity index (χ3v) is 4.03. The normalized spacial score (nSPS) is 12.0. The maximum Gasteiger partial charge on any atom is 0.306 e. The Labute approximate surface area is 149 Å². The summed E-state index contributed by atoms with van der Waals surface area (Å²) < 4.78 is 11.4. The van der Waals surface area contributed by atoms with Crippen molar-refractivity contribution in [2.75, 3.05) is 13.2 Å². The zero-order valence-corrected chi connectivity index (χ0v) is 15.1. The van der Waals surface area contributed by atoms with Crippen molar-refractivity contribution in [3.05, 3.63) is 59.7 Å². The van der Waals surface area contributed by atoms with Crippen molar-refractivity contribution in [2.45, 2.75) is 33.1 Å². The van der Waals surface area contributed by atoms with Crippen LogP contribution in [0.5, 0.6) is 11.5 Å². The lowest BCUT2D eigenvalue weighted by Crippen LogP contribution is -2.12. The summed E-state index contributed by atoms with van der Waals surface area (Å²) in [6, 6.07) is 15.7. The van der Waals surface area contributed by atoms with Gasteiger partial charge in [0.1, 0.15) is 24.7 Å². The molecule has 0 saturated carbocycles. The van der Waals surface area contributed by atoms with E-state index in [9.17, 15) is 4.79 Å². The van der Waals surface area contributed by atoms with Gasteiger partial charge in [-0.15, -0.1) is 0 Å². The summed E-state index contributed by atoms with van der Waals surface area (Å²) >= 11 is 0. The number of ether oxygens (including phenoxy) is 2. The molecule has 1 unspecified atom stereocenters. The van der Waals surface area contributed by atoms with Crippen molar-refractivity contribution in [3.63, 3.8) is 0 Å². The van der Waals surface area contributed by atoms with E-state index in [1.807, 2.05) is 36.4 Å². The minimum Gasteiger partial charge on any atom is -0.490 e. The third kappa shape index (κ3) is 6.14. The van der Waals surface area contributed by atoms with Crippen molar-refractivity contribution in [1.82, 2.24) is 0 Å². The Kier molecular flexibility index (Phi) is 6.87. The van der Waals surface area contributed by atoms with E-state index in [4.69, 9.17) is 14.6 Å². The predicted octanol–water partition coefficient (Wildman–Crippen LogP) is 4.53. The second-order valence-electron chi connectivity index (χ2n) is 6.51. The summed E-state index contributed by atoms with van der Waals surface area (Å²) in [5.41, 5.74) is 2.24. The number of carbonyl (C=O) groups is 1. The number of hydrogen-bond acceptors (Lipinski definition) is 3. The van der Waals surface area contributed by atoms with Crippen LogP contribution in [0, 0.1) is 5.92 Å². The second-order valence-corrected chi connectivity index (χ2v) is 6.51. The average Bonchev–Trinajstić information content (AvgIpc) is 2.59. The molecule has 2 rings (SSSR count). The molecule has 1 atom stereocenters. The van der Waals surface area contributed by atoms with E-state index in [0.717, 1.165) is 17.1 Å². The Morgan fingerprint density at radius 3 is 2.20 bits per heavy atom. The van der Waals surface area contributed by atoms with Gasteiger partial charge in [-0.2, -0.15) is 0 Å². The Morgan fingerprint density at radius 1 is 0.960 bits per heavy atom. The molecule has 1 N–H and O–H groups in total. The summed E-state index contributed by atoms with van der Waals surface area (Å²) in [5.74, 6) is 0.870. The predicted molar refractivity (Wildman–Crippen MR) is 98.5 cm³/mol. The van der Waals surface area contributed by atoms with Gasteiger partial charge in [-0.3, -0.25) is 4.79 Å². The minimum absolute atomic E-state index is 0.410. The lowest BCUT2D eigenvalue weighted by atomic mass is 10.0. The van der Waals surface area contributed by atoms with Gasteiger partial charge in [0.25, 0.3) is 0 Å². The molecule has 0 spiro atoms. The van der Waals surface area contributed by atoms with E-state index < -0.39 is 11.9 Å². The van der Waals surface area contributed by atoms with Crippen LogP contribution in [0.4, 0.5) is 0 Å². The monoisotopic (exact) mass is 342 g/mol. The van der Waals surface area contributed by atoms with Gasteiger partial charge in [-0.25, -0.2) is 0 Å². The molecule has 134 valence electrons. The van der Waals surface area contributed by atoms with E-state index in [-0.39, 0.29) is 0 Å². The molecule has 0 saturated heterocycles. The van der Waals surface area contributed by atoms with Gasteiger partial charge in [0.05, 0.1) is 5.92 Å². The smallest absolute Gasteiger partial charge is 0.306 e. The maximum absolute atomic E-state index is 10.9. The first-order valence-corrected chi connectivity index (χ1v) is 8.63. The fourth-order valence-corrected chi connectivity index (χ4v) is 2.47. The van der Waals surface area contributed by atoms with Crippen molar-refractivity contribution in [2.24, 2.45) is 5.92 Å². The van der Waals surface area contributed by atoms with Crippen molar-refractivity contribution >= 4 is 5.97 Å². The van der Waals surface area contributed by atoms with Crippen LogP contribution in [0.1, 0.15) is 37.8 Å². The summed E-state index contributed by atoms with van der Waals surface area (Å²) in [7, 11) is 0. The second kappa shape index (κ2) is 9.11. The van der Waals surface area contributed by atoms with Crippen molar-refractivity contribution < 1.29 is 19.4 Å². The first-order valence-electron chi connectivity index (χ1n) is 8.63. The molecule has 0 aliphatic carbocycles. The van der Waals surface area contributed by atoms with E-state index >= 15 is 0 Å². The quantitative estimate of drug-likeness (QED) is 0.680. The molecule has 0 bridgehead atoms. The molecule has 25 heavy (non-hydrogen) atoms. The van der Waals surface area contributed by atoms with E-state index in [1.54, 1.807) is 6.92 Å². The molecule has 0 radical (unpaired) electrons. The Hall–Kier alpha value is -2.49. The molecule has 2 aromatic rings. The van der Waals surface area contributed by atoms with Gasteiger partial charge < -0.3 is 14.6 Å². The standard InChI is InChI=1S/C21H26O4/c1-15(2)18-7-9-19(10-8-18)24-11-12-25-20-6-4-5-17(14-20)13-16(3)21(22)23/h4-10,14-16H,11-13H2,1-3H3,(H,22,23). The first kappa shape index (κ1) is 18.8. The molecule has 0 aliphatic rings. The van der Waals surface area contributed by atoms with Crippen LogP contribution in [-0.2, 0) is 11.2 Å². The average molecular weight is 342 g/mol. The topological polar surface area (TPSA) is 55.8 Å². The number of hydrogen-bond donors (Lipinski definition) is 1. The summed E-state index contributed by atoms with van der Waals surface area (Å²) in [4.78, 5) is 10.9. The number of benzene rings is 2. The highest BCUT2D eigenvalue weighted by Gasteiger charge is 2.11. The van der Waals surface area contributed by atoms with E-state index in [1.165, 1.54) is 5.56 Å². The molecule has 2 aromatic carbocycles. The zero-order valence-electron chi connectivity index (χ0n) is 15.1. The molecule has 0 amide bonds. The van der Waals surface area contributed by atoms with Crippen LogP contribution >= 0.6 is 0 Å². The highest BCUT2D eigenvalue weighted by atomic mass is 16.5. The number of rotatable bonds is 9. The van der Waals surface area contributed by atoms with Gasteiger partial charge in [0.2, 0.25) is 0 Å². The zero-order chi connectivity index (χ0) is 18.2. The summed E-state index contributed by atoms with van der Waals surface area (Å²) in [5, 5.41) is 8.99. The SMILES string of the molecule is CC(Cc1cccc(OCCOc2ccc(C(C)C)cc2)c1)C(=O)O. The highest BCUT2D eigenvalue weighted by Crippen LogP contribution is 2.19. The summed E-state index contributed by atoms with van der Waals surface area (Å²) in [6.45, 7) is 6.92. The largest absolute Gasteiger partial charge is 0.490 e. The Morgan fingerprint density at radius 2 is 1.60 bits per heavy atom. The molecular formula is C21H26O4. The van der Waals surface area contributed by atoms with Crippen LogP contribution < -0.4 is 9.47 Å². The maximum atomic E-state index is 10.9. The molecular weight excluding hydrogens is 316 g/mol. The van der Waals surface area contributed by atoms with Gasteiger partial charge in [-0.1, -0.05) is 45.0 Å². The molecule has 0 heterocycles. The highest BCUT2D eigenvalue weighted by molar-refractivity contribution is 5.69. The van der Waals surface area contributed by atoms with E-state index in [0.29, 0.717) is 25.6 Å². The number of carboxylic acids is 1. The lowest BCUT2D eigenvalue weighted by Gasteiger charge is -2.11. The fraction of sp³-hybridized carbons (Fsp3) is 0.381. The summed E-state index contributed by atoms with van der Waals surface area (Å²) in [6.07, 6.45) is 0.491. The van der Waals surface area contributed by atoms with Crippen LogP contribution in [0.15, 0.2) is 48.5 Å². The lowest BCUT2D eigenvalue weighted by molar-refractivity contribution is -0.141. The van der Waals surface area contributed by atoms with Gasteiger partial charge in [0, 0.05) is 0 Å². The minimum atomic E-state index is -0.789. The third-order valence-electron chi connectivity index (χ3n) is 4.03. The van der Waals surface area contributed by atoms with Crippen molar-refractivity contribution in [3.8, 4) is 11.5 Å². The Balaban J connectivity index is 1.78. The number of aliphatic carboxylic acids is 1. The molecule has 4 nitrogen and oxygen atoms in total. The molecule has 4 heteroatoms. The van der Waals surface area contributed by atoms with E-state index in [2.05, 4.69) is 26.0 Å². The van der Waals surface area contributed by atoms with Crippen molar-refractivity contribution in [1.29, 1.82) is 0 Å².